The molecule has 0 fully saturated rings. The molecule has 0 spiro atoms. The molecule has 0 saturated carbocycles. The van der Waals surface area contributed by atoms with Crippen molar-refractivity contribution in [2.45, 2.75) is 25.9 Å². The summed E-state index contributed by atoms with van der Waals surface area (Å²) >= 11 is 0. The van der Waals surface area contributed by atoms with Crippen LogP contribution in [0.5, 0.6) is 0 Å². The first kappa shape index (κ1) is 9.76. The van der Waals surface area contributed by atoms with Crippen LogP contribution in [0.3, 0.4) is 0 Å². The molecular formula is C11H13NO. The molecule has 1 unspecified atom stereocenters. The molecule has 68 valence electrons. The van der Waals surface area contributed by atoms with Crippen LogP contribution in [0.25, 0.3) is 0 Å². The third-order valence-electron chi connectivity index (χ3n) is 2.08. The molecule has 0 amide bonds. The lowest BCUT2D eigenvalue weighted by atomic mass is 10.0. The largest absolute Gasteiger partial charge is 0.388 e. The highest BCUT2D eigenvalue weighted by Gasteiger charge is 2.08. The van der Waals surface area contributed by atoms with E-state index in [0.717, 1.165) is 11.1 Å². The van der Waals surface area contributed by atoms with Gasteiger partial charge in [-0.25, -0.2) is 0 Å². The standard InChI is InChI=1S/C11H13NO/c1-9-5-2-3-6-10(9)11(13)7-4-8-12/h2-3,5-6,11,13H,4,7H2,1H3. The highest BCUT2D eigenvalue weighted by atomic mass is 16.3. The van der Waals surface area contributed by atoms with Crippen molar-refractivity contribution in [3.63, 3.8) is 0 Å². The highest BCUT2D eigenvalue weighted by Crippen LogP contribution is 2.20. The van der Waals surface area contributed by atoms with Crippen molar-refractivity contribution in [3.05, 3.63) is 35.4 Å². The normalized spacial score (nSPS) is 12.1. The quantitative estimate of drug-likeness (QED) is 0.766. The van der Waals surface area contributed by atoms with Gasteiger partial charge < -0.3 is 5.11 Å². The van der Waals surface area contributed by atoms with Gasteiger partial charge in [0.2, 0.25) is 0 Å². The highest BCUT2D eigenvalue weighted by molar-refractivity contribution is 5.27. The maximum Gasteiger partial charge on any atom is 0.0802 e. The van der Waals surface area contributed by atoms with Crippen molar-refractivity contribution in [1.82, 2.24) is 0 Å². The van der Waals surface area contributed by atoms with E-state index in [0.29, 0.717) is 12.8 Å². The predicted molar refractivity (Wildman–Crippen MR) is 51.0 cm³/mol. The first-order valence-corrected chi connectivity index (χ1v) is 4.36. The van der Waals surface area contributed by atoms with Crippen LogP contribution in [-0.2, 0) is 0 Å². The number of aryl methyl sites for hydroxylation is 1. The van der Waals surface area contributed by atoms with Gasteiger partial charge >= 0.3 is 0 Å². The van der Waals surface area contributed by atoms with Gasteiger partial charge in [-0.15, -0.1) is 0 Å². The van der Waals surface area contributed by atoms with E-state index in [1.807, 2.05) is 37.3 Å². The molecule has 0 saturated heterocycles. The Hall–Kier alpha value is -1.33. The summed E-state index contributed by atoms with van der Waals surface area (Å²) < 4.78 is 0. The number of hydrogen-bond donors (Lipinski definition) is 1. The maximum atomic E-state index is 9.68. The summed E-state index contributed by atoms with van der Waals surface area (Å²) in [6.07, 6.45) is 0.414. The Morgan fingerprint density at radius 1 is 1.46 bits per heavy atom. The summed E-state index contributed by atoms with van der Waals surface area (Å²) in [5, 5.41) is 18.1. The summed E-state index contributed by atoms with van der Waals surface area (Å²) in [5.74, 6) is 0. The number of nitriles is 1. The number of aliphatic hydroxyl groups excluding tert-OH is 1. The monoisotopic (exact) mass is 175 g/mol. The lowest BCUT2D eigenvalue weighted by molar-refractivity contribution is 0.168. The van der Waals surface area contributed by atoms with Gasteiger partial charge in [-0.1, -0.05) is 24.3 Å². The van der Waals surface area contributed by atoms with Crippen molar-refractivity contribution >= 4 is 0 Å². The smallest absolute Gasteiger partial charge is 0.0802 e. The fourth-order valence-corrected chi connectivity index (χ4v) is 1.32. The molecule has 0 aliphatic heterocycles. The summed E-state index contributed by atoms with van der Waals surface area (Å²) in [7, 11) is 0. The zero-order valence-corrected chi connectivity index (χ0v) is 7.70. The van der Waals surface area contributed by atoms with Gasteiger partial charge in [0.25, 0.3) is 0 Å². The first-order chi connectivity index (χ1) is 6.25. The number of nitrogens with zero attached hydrogens (tertiary/aromatic N) is 1. The van der Waals surface area contributed by atoms with Crippen LogP contribution in [-0.4, -0.2) is 5.11 Å². The van der Waals surface area contributed by atoms with Crippen LogP contribution in [0.2, 0.25) is 0 Å². The van der Waals surface area contributed by atoms with Crippen molar-refractivity contribution in [2.24, 2.45) is 0 Å². The topological polar surface area (TPSA) is 44.0 Å². The fraction of sp³-hybridized carbons (Fsp3) is 0.364. The van der Waals surface area contributed by atoms with Crippen molar-refractivity contribution in [3.8, 4) is 6.07 Å². The average molecular weight is 175 g/mol. The van der Waals surface area contributed by atoms with Crippen LogP contribution in [0.4, 0.5) is 0 Å². The van der Waals surface area contributed by atoms with Crippen molar-refractivity contribution < 1.29 is 5.11 Å². The SMILES string of the molecule is Cc1ccccc1C(O)CCC#N. The maximum absolute atomic E-state index is 9.68. The summed E-state index contributed by atoms with van der Waals surface area (Å²) in [6.45, 7) is 1.96. The lowest BCUT2D eigenvalue weighted by Gasteiger charge is -2.11. The third kappa shape index (κ3) is 2.57. The molecular weight excluding hydrogens is 162 g/mol. The van der Waals surface area contributed by atoms with Gasteiger partial charge in [0.15, 0.2) is 0 Å². The Labute approximate surface area is 78.4 Å². The van der Waals surface area contributed by atoms with Crippen LogP contribution in [0.1, 0.15) is 30.1 Å². The molecule has 0 aliphatic rings. The van der Waals surface area contributed by atoms with Gasteiger partial charge in [0.05, 0.1) is 12.2 Å². The van der Waals surface area contributed by atoms with E-state index < -0.39 is 6.10 Å². The Bertz CT molecular complexity index is 314. The number of benzene rings is 1. The minimum absolute atomic E-state index is 0.398. The second-order valence-corrected chi connectivity index (χ2v) is 3.07. The molecule has 0 aliphatic carbocycles. The number of hydrogen-bond acceptors (Lipinski definition) is 2. The Morgan fingerprint density at radius 2 is 2.15 bits per heavy atom. The van der Waals surface area contributed by atoms with E-state index in [9.17, 15) is 5.11 Å². The van der Waals surface area contributed by atoms with E-state index >= 15 is 0 Å². The summed E-state index contributed by atoms with van der Waals surface area (Å²) in [6, 6.07) is 9.73. The van der Waals surface area contributed by atoms with Gasteiger partial charge in [-0.05, 0) is 24.5 Å². The molecule has 2 nitrogen and oxygen atoms in total. The number of aliphatic hydroxyl groups is 1. The van der Waals surface area contributed by atoms with E-state index in [2.05, 4.69) is 0 Å². The molecule has 0 bridgehead atoms. The Morgan fingerprint density at radius 3 is 2.77 bits per heavy atom. The van der Waals surface area contributed by atoms with Gasteiger partial charge in [0.1, 0.15) is 0 Å². The predicted octanol–water partition coefficient (Wildman–Crippen LogP) is 2.33. The molecule has 2 heteroatoms. The third-order valence-corrected chi connectivity index (χ3v) is 2.08. The molecule has 0 aromatic heterocycles. The summed E-state index contributed by atoms with van der Waals surface area (Å²) in [5.41, 5.74) is 2.01. The van der Waals surface area contributed by atoms with Gasteiger partial charge in [0, 0.05) is 6.42 Å². The fourth-order valence-electron chi connectivity index (χ4n) is 1.32. The zero-order valence-electron chi connectivity index (χ0n) is 7.70. The van der Waals surface area contributed by atoms with E-state index in [1.165, 1.54) is 0 Å². The van der Waals surface area contributed by atoms with Crippen LogP contribution >= 0.6 is 0 Å². The summed E-state index contributed by atoms with van der Waals surface area (Å²) in [4.78, 5) is 0. The molecule has 0 radical (unpaired) electrons. The molecule has 1 aromatic rings. The second-order valence-electron chi connectivity index (χ2n) is 3.07. The molecule has 1 N–H and O–H groups in total. The van der Waals surface area contributed by atoms with E-state index in [1.54, 1.807) is 0 Å². The van der Waals surface area contributed by atoms with Crippen LogP contribution in [0, 0.1) is 18.3 Å². The van der Waals surface area contributed by atoms with Crippen molar-refractivity contribution in [2.75, 3.05) is 0 Å². The minimum atomic E-state index is -0.499. The second kappa shape index (κ2) is 4.64. The first-order valence-electron chi connectivity index (χ1n) is 4.36. The molecule has 13 heavy (non-hydrogen) atoms. The minimum Gasteiger partial charge on any atom is -0.388 e. The molecule has 0 heterocycles. The molecule has 1 atom stereocenters. The van der Waals surface area contributed by atoms with Gasteiger partial charge in [-0.3, -0.25) is 0 Å². The van der Waals surface area contributed by atoms with E-state index in [-0.39, 0.29) is 0 Å². The van der Waals surface area contributed by atoms with Gasteiger partial charge in [-0.2, -0.15) is 5.26 Å². The average Bonchev–Trinajstić information content (AvgIpc) is 2.15. The molecule has 1 aromatic carbocycles. The zero-order chi connectivity index (χ0) is 9.68. The Kier molecular flexibility index (Phi) is 3.48. The lowest BCUT2D eigenvalue weighted by Crippen LogP contribution is -1.98. The Balaban J connectivity index is 2.72. The van der Waals surface area contributed by atoms with Crippen molar-refractivity contribution in [1.29, 1.82) is 5.26 Å². The van der Waals surface area contributed by atoms with Crippen LogP contribution in [0.15, 0.2) is 24.3 Å². The molecule has 1 rings (SSSR count). The van der Waals surface area contributed by atoms with E-state index in [4.69, 9.17) is 5.26 Å². The number of rotatable bonds is 3. The van der Waals surface area contributed by atoms with Crippen LogP contribution < -0.4 is 0 Å².